The first-order valence-electron chi connectivity index (χ1n) is 6.05. The van der Waals surface area contributed by atoms with Crippen LogP contribution in [0.15, 0.2) is 29.2 Å². The minimum atomic E-state index is -3.89. The van der Waals surface area contributed by atoms with E-state index in [-0.39, 0.29) is 11.5 Å². The van der Waals surface area contributed by atoms with Crippen LogP contribution in [-0.2, 0) is 14.3 Å². The average molecular weight is 320 g/mol. The van der Waals surface area contributed by atoms with Gasteiger partial charge in [-0.3, -0.25) is 4.18 Å². The highest BCUT2D eigenvalue weighted by Crippen LogP contribution is 2.21. The van der Waals surface area contributed by atoms with E-state index in [0.717, 1.165) is 0 Å². The first-order valence-corrected chi connectivity index (χ1v) is 7.83. The van der Waals surface area contributed by atoms with Crippen LogP contribution in [0.3, 0.4) is 0 Å². The number of hydrogen-bond acceptors (Lipinski definition) is 4. The fourth-order valence-electron chi connectivity index (χ4n) is 2.10. The molecule has 1 atom stereocenters. The van der Waals surface area contributed by atoms with Crippen molar-refractivity contribution in [3.8, 4) is 0 Å². The fraction of sp³-hybridized carbons (Fsp3) is 0.417. The number of benzene rings is 1. The zero-order valence-electron chi connectivity index (χ0n) is 10.5. The zero-order valence-corrected chi connectivity index (χ0v) is 12.1. The molecule has 0 radical (unpaired) electrons. The molecule has 1 aliphatic heterocycles. The summed E-state index contributed by atoms with van der Waals surface area (Å²) in [5.41, 5.74) is 0. The minimum absolute atomic E-state index is 0.00164. The summed E-state index contributed by atoms with van der Waals surface area (Å²) in [5, 5.41) is 9.39. The molecule has 20 heavy (non-hydrogen) atoms. The first kappa shape index (κ1) is 15.1. The predicted molar refractivity (Wildman–Crippen MR) is 72.3 cm³/mol. The summed E-state index contributed by atoms with van der Waals surface area (Å²) in [7, 11) is -3.89. The quantitative estimate of drug-likeness (QED) is 0.860. The minimum Gasteiger partial charge on any atom is -0.465 e. The lowest BCUT2D eigenvalue weighted by Crippen LogP contribution is -2.37. The van der Waals surface area contributed by atoms with Crippen LogP contribution >= 0.6 is 11.6 Å². The molecule has 2 rings (SSSR count). The molecule has 1 aliphatic rings. The van der Waals surface area contributed by atoms with Crippen molar-refractivity contribution < 1.29 is 22.5 Å². The van der Waals surface area contributed by atoms with E-state index >= 15 is 0 Å². The number of carboxylic acid groups (broad SMARTS) is 1. The molecule has 110 valence electrons. The zero-order chi connectivity index (χ0) is 14.8. The van der Waals surface area contributed by atoms with Gasteiger partial charge in [-0.15, -0.1) is 0 Å². The molecule has 0 aliphatic carbocycles. The highest BCUT2D eigenvalue weighted by Gasteiger charge is 2.30. The lowest BCUT2D eigenvalue weighted by molar-refractivity contribution is 0.124. The van der Waals surface area contributed by atoms with Crippen LogP contribution in [0.1, 0.15) is 12.8 Å². The smallest absolute Gasteiger partial charge is 0.407 e. The topological polar surface area (TPSA) is 83.9 Å². The normalized spacial score (nSPS) is 19.2. The predicted octanol–water partition coefficient (Wildman–Crippen LogP) is 2.19. The summed E-state index contributed by atoms with van der Waals surface area (Å²) < 4.78 is 28.8. The third kappa shape index (κ3) is 3.41. The molecule has 6 nitrogen and oxygen atoms in total. The van der Waals surface area contributed by atoms with Gasteiger partial charge in [-0.25, -0.2) is 4.79 Å². The standard InChI is InChI=1S/C12H14ClNO5S/c13-9-3-5-11(6-4-9)20(17,18)19-8-10-2-1-7-14(10)12(15)16/h3-6,10H,1-2,7-8H2,(H,15,16)/t10-/m0/s1. The Morgan fingerprint density at radius 2 is 2.05 bits per heavy atom. The molecular formula is C12H14ClNO5S. The van der Waals surface area contributed by atoms with Gasteiger partial charge in [-0.1, -0.05) is 11.6 Å². The molecule has 0 spiro atoms. The second-order valence-corrected chi connectivity index (χ2v) is 6.52. The van der Waals surface area contributed by atoms with Gasteiger partial charge in [0.05, 0.1) is 17.5 Å². The lowest BCUT2D eigenvalue weighted by atomic mass is 10.2. The van der Waals surface area contributed by atoms with Gasteiger partial charge in [0.15, 0.2) is 0 Å². The maximum Gasteiger partial charge on any atom is 0.407 e. The monoisotopic (exact) mass is 319 g/mol. The van der Waals surface area contributed by atoms with E-state index in [1.807, 2.05) is 0 Å². The van der Waals surface area contributed by atoms with Crippen LogP contribution in [-0.4, -0.2) is 43.7 Å². The van der Waals surface area contributed by atoms with E-state index < -0.39 is 22.3 Å². The van der Waals surface area contributed by atoms with Gasteiger partial charge in [-0.2, -0.15) is 8.42 Å². The van der Waals surface area contributed by atoms with E-state index in [4.69, 9.17) is 20.9 Å². The lowest BCUT2D eigenvalue weighted by Gasteiger charge is -2.20. The van der Waals surface area contributed by atoms with Crippen molar-refractivity contribution in [1.29, 1.82) is 0 Å². The molecule has 1 amide bonds. The Morgan fingerprint density at radius 3 is 2.65 bits per heavy atom. The Bertz CT molecular complexity index is 586. The molecule has 1 aromatic carbocycles. The summed E-state index contributed by atoms with van der Waals surface area (Å²) in [6, 6.07) is 5.19. The van der Waals surface area contributed by atoms with Gasteiger partial charge in [0.2, 0.25) is 0 Å². The van der Waals surface area contributed by atoms with Gasteiger partial charge in [0, 0.05) is 11.6 Å². The third-order valence-corrected chi connectivity index (χ3v) is 4.69. The van der Waals surface area contributed by atoms with Crippen LogP contribution in [0.2, 0.25) is 5.02 Å². The first-order chi connectivity index (χ1) is 9.40. The molecule has 8 heteroatoms. The number of likely N-dealkylation sites (tertiary alicyclic amines) is 1. The van der Waals surface area contributed by atoms with Crippen molar-refractivity contribution in [2.75, 3.05) is 13.2 Å². The largest absolute Gasteiger partial charge is 0.465 e. The number of nitrogens with zero attached hydrogens (tertiary/aromatic N) is 1. The van der Waals surface area contributed by atoms with Crippen molar-refractivity contribution in [3.63, 3.8) is 0 Å². The van der Waals surface area contributed by atoms with Gasteiger partial charge >= 0.3 is 6.09 Å². The molecule has 1 fully saturated rings. The molecule has 1 aromatic rings. The maximum absolute atomic E-state index is 11.9. The van der Waals surface area contributed by atoms with Crippen molar-refractivity contribution in [2.24, 2.45) is 0 Å². The molecular weight excluding hydrogens is 306 g/mol. The molecule has 1 heterocycles. The number of amides is 1. The van der Waals surface area contributed by atoms with Gasteiger partial charge in [-0.05, 0) is 37.1 Å². The Morgan fingerprint density at radius 1 is 1.40 bits per heavy atom. The summed E-state index contributed by atoms with van der Waals surface area (Å²) in [5.74, 6) is 0. The van der Waals surface area contributed by atoms with Crippen molar-refractivity contribution >= 4 is 27.8 Å². The van der Waals surface area contributed by atoms with Gasteiger partial charge in [0.1, 0.15) is 0 Å². The summed E-state index contributed by atoms with van der Waals surface area (Å²) in [6.07, 6.45) is 0.254. The maximum atomic E-state index is 11.9. The molecule has 0 saturated carbocycles. The van der Waals surface area contributed by atoms with Crippen LogP contribution in [0, 0.1) is 0 Å². The van der Waals surface area contributed by atoms with Crippen molar-refractivity contribution in [2.45, 2.75) is 23.8 Å². The Balaban J connectivity index is 2.02. The number of hydrogen-bond donors (Lipinski definition) is 1. The fourth-order valence-corrected chi connectivity index (χ4v) is 3.17. The molecule has 0 aromatic heterocycles. The van der Waals surface area contributed by atoms with Crippen LogP contribution in [0.4, 0.5) is 4.79 Å². The van der Waals surface area contributed by atoms with Crippen LogP contribution < -0.4 is 0 Å². The average Bonchev–Trinajstić information content (AvgIpc) is 2.85. The van der Waals surface area contributed by atoms with E-state index in [1.165, 1.54) is 29.2 Å². The van der Waals surface area contributed by atoms with Gasteiger partial charge < -0.3 is 10.0 Å². The highest BCUT2D eigenvalue weighted by atomic mass is 35.5. The third-order valence-electron chi connectivity index (χ3n) is 3.14. The van der Waals surface area contributed by atoms with E-state index in [1.54, 1.807) is 0 Å². The van der Waals surface area contributed by atoms with E-state index in [2.05, 4.69) is 0 Å². The summed E-state index contributed by atoms with van der Waals surface area (Å²) >= 11 is 5.69. The van der Waals surface area contributed by atoms with Crippen molar-refractivity contribution in [1.82, 2.24) is 4.90 Å². The number of rotatable bonds is 4. The van der Waals surface area contributed by atoms with Crippen LogP contribution in [0.25, 0.3) is 0 Å². The Kier molecular flexibility index (Phi) is 4.52. The highest BCUT2D eigenvalue weighted by molar-refractivity contribution is 7.86. The summed E-state index contributed by atoms with van der Waals surface area (Å²) in [4.78, 5) is 12.2. The molecule has 1 saturated heterocycles. The number of carbonyl (C=O) groups is 1. The van der Waals surface area contributed by atoms with E-state index in [0.29, 0.717) is 24.4 Å². The molecule has 1 N–H and O–H groups in total. The SMILES string of the molecule is O=C(O)N1CCC[C@H]1COS(=O)(=O)c1ccc(Cl)cc1. The second kappa shape index (κ2) is 5.99. The molecule has 0 bridgehead atoms. The molecule has 0 unspecified atom stereocenters. The Labute approximate surface area is 122 Å². The van der Waals surface area contributed by atoms with Crippen molar-refractivity contribution in [3.05, 3.63) is 29.3 Å². The van der Waals surface area contributed by atoms with Crippen LogP contribution in [0.5, 0.6) is 0 Å². The number of halogens is 1. The van der Waals surface area contributed by atoms with Gasteiger partial charge in [0.25, 0.3) is 10.1 Å². The second-order valence-electron chi connectivity index (χ2n) is 4.46. The summed E-state index contributed by atoms with van der Waals surface area (Å²) in [6.45, 7) is 0.238. The van der Waals surface area contributed by atoms with E-state index in [9.17, 15) is 13.2 Å². The Hall–Kier alpha value is -1.31.